The van der Waals surface area contributed by atoms with Gasteiger partial charge >= 0.3 is 11.9 Å². The van der Waals surface area contributed by atoms with Crippen LogP contribution in [0.25, 0.3) is 0 Å². The molecule has 0 saturated heterocycles. The number of hydrogen-bond acceptors (Lipinski definition) is 5. The van der Waals surface area contributed by atoms with Crippen molar-refractivity contribution in [3.05, 3.63) is 52.5 Å². The van der Waals surface area contributed by atoms with Crippen LogP contribution in [0.3, 0.4) is 0 Å². The first-order chi connectivity index (χ1) is 12.0. The number of benzene rings is 2. The van der Waals surface area contributed by atoms with E-state index in [1.165, 1.54) is 7.11 Å². The fourth-order valence-electron chi connectivity index (χ4n) is 1.99. The van der Waals surface area contributed by atoms with Gasteiger partial charge in [0.1, 0.15) is 5.75 Å². The maximum Gasteiger partial charge on any atom is 0.311 e. The van der Waals surface area contributed by atoms with E-state index >= 15 is 0 Å². The summed E-state index contributed by atoms with van der Waals surface area (Å²) in [5.74, 6) is 0.0842. The number of ether oxygens (including phenoxy) is 3. The van der Waals surface area contributed by atoms with E-state index in [1.54, 1.807) is 42.5 Å². The molecule has 0 aliphatic heterocycles. The number of esters is 2. The van der Waals surface area contributed by atoms with Gasteiger partial charge in [0.05, 0.1) is 7.11 Å². The van der Waals surface area contributed by atoms with Crippen LogP contribution in [0.2, 0.25) is 10.0 Å². The van der Waals surface area contributed by atoms with Gasteiger partial charge in [0.15, 0.2) is 11.5 Å². The van der Waals surface area contributed by atoms with Crippen molar-refractivity contribution in [2.45, 2.75) is 19.3 Å². The molecule has 0 fully saturated rings. The Balaban J connectivity index is 1.77. The van der Waals surface area contributed by atoms with E-state index in [9.17, 15) is 9.59 Å². The van der Waals surface area contributed by atoms with Crippen LogP contribution in [-0.4, -0.2) is 19.0 Å². The first-order valence-corrected chi connectivity index (χ1v) is 8.24. The largest absolute Gasteiger partial charge is 0.493 e. The summed E-state index contributed by atoms with van der Waals surface area (Å²) in [5, 5.41) is 0.950. The van der Waals surface area contributed by atoms with Crippen molar-refractivity contribution >= 4 is 35.1 Å². The number of carbonyl (C=O) groups excluding carboxylic acids is 2. The lowest BCUT2D eigenvalue weighted by Crippen LogP contribution is -2.12. The summed E-state index contributed by atoms with van der Waals surface area (Å²) < 4.78 is 15.4. The van der Waals surface area contributed by atoms with Gasteiger partial charge in [-0.2, -0.15) is 0 Å². The quantitative estimate of drug-likeness (QED) is 0.513. The van der Waals surface area contributed by atoms with Gasteiger partial charge in [-0.25, -0.2) is 0 Å². The maximum atomic E-state index is 11.9. The summed E-state index contributed by atoms with van der Waals surface area (Å²) in [4.78, 5) is 23.6. The minimum absolute atomic E-state index is 0.0659. The lowest BCUT2D eigenvalue weighted by atomic mass is 10.2. The SMILES string of the molecule is COc1cc(Cl)ccc1OC(=O)CCCC(=O)Oc1cccc(Cl)c1. The van der Waals surface area contributed by atoms with E-state index in [4.69, 9.17) is 37.4 Å². The van der Waals surface area contributed by atoms with Gasteiger partial charge in [-0.05, 0) is 36.8 Å². The molecule has 0 unspecified atom stereocenters. The molecule has 0 heterocycles. The highest BCUT2D eigenvalue weighted by Crippen LogP contribution is 2.30. The summed E-state index contributed by atoms with van der Waals surface area (Å²) in [5.41, 5.74) is 0. The number of carbonyl (C=O) groups is 2. The van der Waals surface area contributed by atoms with Gasteiger partial charge in [0.25, 0.3) is 0 Å². The summed E-state index contributed by atoms with van der Waals surface area (Å²) in [6.45, 7) is 0. The Kier molecular flexibility index (Phi) is 7.10. The van der Waals surface area contributed by atoms with Crippen molar-refractivity contribution in [1.82, 2.24) is 0 Å². The molecule has 0 N–H and O–H groups in total. The zero-order valence-corrected chi connectivity index (χ0v) is 15.0. The number of hydrogen-bond donors (Lipinski definition) is 0. The Morgan fingerprint density at radius 1 is 0.880 bits per heavy atom. The van der Waals surface area contributed by atoms with Gasteiger partial charge in [-0.15, -0.1) is 0 Å². The molecule has 132 valence electrons. The maximum absolute atomic E-state index is 11.9. The zero-order chi connectivity index (χ0) is 18.2. The van der Waals surface area contributed by atoms with Crippen LogP contribution in [0.15, 0.2) is 42.5 Å². The van der Waals surface area contributed by atoms with Gasteiger partial charge in [-0.3, -0.25) is 9.59 Å². The number of methoxy groups -OCH3 is 1. The predicted molar refractivity (Wildman–Crippen MR) is 94.6 cm³/mol. The molecule has 0 saturated carbocycles. The molecule has 7 heteroatoms. The average molecular weight is 383 g/mol. The monoisotopic (exact) mass is 382 g/mol. The van der Waals surface area contributed by atoms with E-state index in [1.807, 2.05) is 0 Å². The summed E-state index contributed by atoms with van der Waals surface area (Å²) in [6, 6.07) is 11.2. The van der Waals surface area contributed by atoms with Crippen LogP contribution in [0.1, 0.15) is 19.3 Å². The van der Waals surface area contributed by atoms with Gasteiger partial charge in [0.2, 0.25) is 0 Å². The van der Waals surface area contributed by atoms with Crippen LogP contribution in [-0.2, 0) is 9.59 Å². The molecule has 0 aliphatic carbocycles. The molecule has 0 atom stereocenters. The van der Waals surface area contributed by atoms with E-state index in [0.717, 1.165) is 0 Å². The molecule has 0 aromatic heterocycles. The van der Waals surface area contributed by atoms with Gasteiger partial charge in [0, 0.05) is 29.0 Å². The van der Waals surface area contributed by atoms with Crippen molar-refractivity contribution in [2.75, 3.05) is 7.11 Å². The summed E-state index contributed by atoms with van der Waals surface area (Å²) >= 11 is 11.7. The van der Waals surface area contributed by atoms with Crippen molar-refractivity contribution < 1.29 is 23.8 Å². The lowest BCUT2D eigenvalue weighted by molar-refractivity contribution is -0.136. The number of rotatable bonds is 7. The third kappa shape index (κ3) is 6.29. The molecular formula is C18H16Cl2O5. The molecule has 2 aromatic rings. The average Bonchev–Trinajstić information content (AvgIpc) is 2.56. The van der Waals surface area contributed by atoms with Crippen LogP contribution < -0.4 is 14.2 Å². The third-order valence-electron chi connectivity index (χ3n) is 3.14. The Morgan fingerprint density at radius 2 is 1.56 bits per heavy atom. The predicted octanol–water partition coefficient (Wildman–Crippen LogP) is 4.68. The van der Waals surface area contributed by atoms with Crippen LogP contribution in [0.4, 0.5) is 0 Å². The molecule has 5 nitrogen and oxygen atoms in total. The fraction of sp³-hybridized carbons (Fsp3) is 0.222. The first-order valence-electron chi connectivity index (χ1n) is 7.48. The molecule has 0 amide bonds. The lowest BCUT2D eigenvalue weighted by Gasteiger charge is -2.09. The third-order valence-corrected chi connectivity index (χ3v) is 3.61. The molecule has 0 spiro atoms. The van der Waals surface area contributed by atoms with E-state index < -0.39 is 11.9 Å². The topological polar surface area (TPSA) is 61.8 Å². The first kappa shape index (κ1) is 19.1. The molecule has 0 bridgehead atoms. The smallest absolute Gasteiger partial charge is 0.311 e. The highest BCUT2D eigenvalue weighted by atomic mass is 35.5. The van der Waals surface area contributed by atoms with Gasteiger partial charge in [-0.1, -0.05) is 29.3 Å². The van der Waals surface area contributed by atoms with E-state index in [2.05, 4.69) is 0 Å². The normalized spacial score (nSPS) is 10.2. The minimum Gasteiger partial charge on any atom is -0.493 e. The summed E-state index contributed by atoms with van der Waals surface area (Å²) in [6.07, 6.45) is 0.448. The summed E-state index contributed by atoms with van der Waals surface area (Å²) in [7, 11) is 1.45. The molecule has 0 aliphatic rings. The van der Waals surface area contributed by atoms with Crippen molar-refractivity contribution in [3.8, 4) is 17.2 Å². The Labute approximate surface area is 155 Å². The van der Waals surface area contributed by atoms with Crippen molar-refractivity contribution in [1.29, 1.82) is 0 Å². The standard InChI is InChI=1S/C18H16Cl2O5/c1-23-16-11-13(20)8-9-15(16)25-18(22)7-3-6-17(21)24-14-5-2-4-12(19)10-14/h2,4-5,8-11H,3,6-7H2,1H3. The number of halogens is 2. The second kappa shape index (κ2) is 9.30. The molecule has 25 heavy (non-hydrogen) atoms. The fourth-order valence-corrected chi connectivity index (χ4v) is 2.33. The van der Waals surface area contributed by atoms with Crippen molar-refractivity contribution in [2.24, 2.45) is 0 Å². The van der Waals surface area contributed by atoms with Crippen LogP contribution in [0.5, 0.6) is 17.2 Å². The second-order valence-corrected chi connectivity index (χ2v) is 5.93. The zero-order valence-electron chi connectivity index (χ0n) is 13.5. The van der Waals surface area contributed by atoms with E-state index in [-0.39, 0.29) is 18.6 Å². The van der Waals surface area contributed by atoms with E-state index in [0.29, 0.717) is 28.0 Å². The molecule has 2 rings (SSSR count). The highest BCUT2D eigenvalue weighted by molar-refractivity contribution is 6.31. The Hall–Kier alpha value is -2.24. The van der Waals surface area contributed by atoms with Crippen LogP contribution >= 0.6 is 23.2 Å². The second-order valence-electron chi connectivity index (χ2n) is 5.05. The Bertz CT molecular complexity index is 761. The van der Waals surface area contributed by atoms with Crippen molar-refractivity contribution in [3.63, 3.8) is 0 Å². The Morgan fingerprint density at radius 3 is 2.24 bits per heavy atom. The van der Waals surface area contributed by atoms with Gasteiger partial charge < -0.3 is 14.2 Å². The molecular weight excluding hydrogens is 367 g/mol. The molecule has 2 aromatic carbocycles. The molecule has 0 radical (unpaired) electrons. The minimum atomic E-state index is -0.476. The van der Waals surface area contributed by atoms with Crippen LogP contribution in [0, 0.1) is 0 Å². The highest BCUT2D eigenvalue weighted by Gasteiger charge is 2.12.